The molecule has 8 aromatic carbocycles. The highest BCUT2D eigenvalue weighted by molar-refractivity contribution is 6.18. The summed E-state index contributed by atoms with van der Waals surface area (Å²) in [4.78, 5) is 5.48. The summed E-state index contributed by atoms with van der Waals surface area (Å²) in [5.74, 6) is 0.865. The number of fused-ring (bicyclic) bond motifs is 7. The Hall–Kier alpha value is -7.17. The van der Waals surface area contributed by atoms with Crippen molar-refractivity contribution in [2.24, 2.45) is 4.99 Å². The van der Waals surface area contributed by atoms with Gasteiger partial charge in [-0.15, -0.1) is 0 Å². The molecule has 0 spiro atoms. The second-order valence-corrected chi connectivity index (χ2v) is 14.0. The Kier molecular flexibility index (Phi) is 6.89. The van der Waals surface area contributed by atoms with E-state index in [4.69, 9.17) is 4.99 Å². The highest BCUT2D eigenvalue weighted by Gasteiger charge is 2.26. The molecule has 4 heteroatoms. The van der Waals surface area contributed by atoms with E-state index < -0.39 is 0 Å². The maximum absolute atomic E-state index is 5.48. The molecule has 4 nitrogen and oxygen atoms in total. The van der Waals surface area contributed by atoms with E-state index in [0.29, 0.717) is 0 Å². The Morgan fingerprint density at radius 1 is 0.444 bits per heavy atom. The molecule has 0 fully saturated rings. The fraction of sp³-hybridized carbons (Fsp3) is 0.0200. The lowest BCUT2D eigenvalue weighted by Gasteiger charge is -2.27. The van der Waals surface area contributed by atoms with E-state index in [-0.39, 0.29) is 6.04 Å². The number of amidine groups is 1. The third-order valence-electron chi connectivity index (χ3n) is 11.0. The SMILES string of the molecule is c1ccc(-c2ccc(C3N=C(c4ccc(-n5c6ccccc6c6ccc7ccn(-c8ccccc8)c7c65)cc4)Nc4ccccc43)c3ccccc23)cc1. The predicted molar refractivity (Wildman–Crippen MR) is 225 cm³/mol. The zero-order valence-electron chi connectivity index (χ0n) is 29.4. The van der Waals surface area contributed by atoms with E-state index >= 15 is 0 Å². The maximum atomic E-state index is 5.48. The summed E-state index contributed by atoms with van der Waals surface area (Å²) in [6.45, 7) is 0. The molecule has 1 N–H and O–H groups in total. The number of aliphatic imine (C=N–C) groups is 1. The van der Waals surface area contributed by atoms with E-state index in [0.717, 1.165) is 28.5 Å². The highest BCUT2D eigenvalue weighted by atomic mass is 15.1. The first-order valence-electron chi connectivity index (χ1n) is 18.5. The molecule has 0 bridgehead atoms. The molecule has 254 valence electrons. The Balaban J connectivity index is 1.06. The minimum Gasteiger partial charge on any atom is -0.340 e. The number of hydrogen-bond acceptors (Lipinski definition) is 2. The Morgan fingerprint density at radius 2 is 1.15 bits per heavy atom. The quantitative estimate of drug-likeness (QED) is 0.192. The molecule has 11 rings (SSSR count). The minimum atomic E-state index is -0.164. The summed E-state index contributed by atoms with van der Waals surface area (Å²) in [7, 11) is 0. The number of benzene rings is 8. The van der Waals surface area contributed by atoms with Crippen molar-refractivity contribution in [1.82, 2.24) is 9.13 Å². The molecule has 1 atom stereocenters. The first kappa shape index (κ1) is 30.5. The van der Waals surface area contributed by atoms with Gasteiger partial charge in [-0.25, -0.2) is 0 Å². The molecule has 0 radical (unpaired) electrons. The van der Waals surface area contributed by atoms with E-state index in [1.165, 1.54) is 65.7 Å². The van der Waals surface area contributed by atoms with E-state index in [9.17, 15) is 0 Å². The van der Waals surface area contributed by atoms with Crippen LogP contribution in [-0.2, 0) is 0 Å². The van der Waals surface area contributed by atoms with Gasteiger partial charge in [0.15, 0.2) is 0 Å². The fourth-order valence-corrected chi connectivity index (χ4v) is 8.53. The van der Waals surface area contributed by atoms with Crippen molar-refractivity contribution in [3.63, 3.8) is 0 Å². The van der Waals surface area contributed by atoms with Gasteiger partial charge in [0.1, 0.15) is 11.9 Å². The van der Waals surface area contributed by atoms with Gasteiger partial charge in [-0.05, 0) is 82.1 Å². The lowest BCUT2D eigenvalue weighted by molar-refractivity contribution is 0.872. The van der Waals surface area contributed by atoms with Crippen LogP contribution in [0.25, 0.3) is 66.0 Å². The van der Waals surface area contributed by atoms with Gasteiger partial charge in [0.25, 0.3) is 0 Å². The van der Waals surface area contributed by atoms with Crippen LogP contribution in [0.4, 0.5) is 5.69 Å². The van der Waals surface area contributed by atoms with Gasteiger partial charge >= 0.3 is 0 Å². The summed E-state index contributed by atoms with van der Waals surface area (Å²) >= 11 is 0. The van der Waals surface area contributed by atoms with Crippen LogP contribution in [-0.4, -0.2) is 15.0 Å². The van der Waals surface area contributed by atoms with Crippen molar-refractivity contribution in [1.29, 1.82) is 0 Å². The summed E-state index contributed by atoms with van der Waals surface area (Å²) in [6, 6.07) is 67.3. The zero-order valence-corrected chi connectivity index (χ0v) is 29.4. The van der Waals surface area contributed by atoms with Crippen molar-refractivity contribution >= 4 is 55.0 Å². The summed E-state index contributed by atoms with van der Waals surface area (Å²) in [6.07, 6.45) is 2.18. The summed E-state index contributed by atoms with van der Waals surface area (Å²) in [5, 5.41) is 9.84. The molecule has 1 aliphatic rings. The number of para-hydroxylation sites is 3. The molecule has 0 saturated carbocycles. The zero-order chi connectivity index (χ0) is 35.6. The van der Waals surface area contributed by atoms with Crippen LogP contribution in [0, 0.1) is 0 Å². The lowest BCUT2D eigenvalue weighted by Crippen LogP contribution is -2.22. The van der Waals surface area contributed by atoms with Crippen LogP contribution in [0.1, 0.15) is 22.7 Å². The van der Waals surface area contributed by atoms with Gasteiger partial charge < -0.3 is 14.5 Å². The van der Waals surface area contributed by atoms with E-state index in [2.05, 4.69) is 209 Å². The van der Waals surface area contributed by atoms with Crippen molar-refractivity contribution in [2.45, 2.75) is 6.04 Å². The summed E-state index contributed by atoms with van der Waals surface area (Å²) < 4.78 is 4.74. The van der Waals surface area contributed by atoms with Crippen LogP contribution < -0.4 is 5.32 Å². The number of anilines is 1. The van der Waals surface area contributed by atoms with Crippen molar-refractivity contribution in [3.05, 3.63) is 211 Å². The van der Waals surface area contributed by atoms with Gasteiger partial charge in [-0.3, -0.25) is 4.99 Å². The highest BCUT2D eigenvalue weighted by Crippen LogP contribution is 2.42. The number of aromatic nitrogens is 2. The Morgan fingerprint density at radius 3 is 1.98 bits per heavy atom. The molecule has 3 heterocycles. The van der Waals surface area contributed by atoms with Gasteiger partial charge in [0.2, 0.25) is 0 Å². The first-order valence-corrected chi connectivity index (χ1v) is 18.5. The number of rotatable bonds is 5. The van der Waals surface area contributed by atoms with Gasteiger partial charge in [-0.2, -0.15) is 0 Å². The Bertz CT molecular complexity index is 3060. The molecule has 0 amide bonds. The standard InChI is InChI=1S/C50H34N4/c1-3-13-33(14-4-1)38-29-30-42(40-18-8-7-17-39(38)40)47-44-20-9-11-21-45(44)51-50(52-47)35-23-26-37(27-24-35)54-46-22-12-10-19-41(46)43-28-25-34-31-32-53(48(34)49(43)54)36-15-5-2-6-16-36/h1-32,47H,(H,51,52). The molecular formula is C50H34N4. The third-order valence-corrected chi connectivity index (χ3v) is 11.0. The van der Waals surface area contributed by atoms with Crippen LogP contribution in [0.5, 0.6) is 0 Å². The fourth-order valence-electron chi connectivity index (χ4n) is 8.53. The normalized spacial score (nSPS) is 14.0. The van der Waals surface area contributed by atoms with Gasteiger partial charge in [0.05, 0.1) is 16.6 Å². The van der Waals surface area contributed by atoms with Crippen LogP contribution in [0.2, 0.25) is 0 Å². The smallest absolute Gasteiger partial charge is 0.133 e. The lowest BCUT2D eigenvalue weighted by atomic mass is 9.88. The molecule has 1 aliphatic heterocycles. The molecule has 0 saturated heterocycles. The van der Waals surface area contributed by atoms with Crippen molar-refractivity contribution in [3.8, 4) is 22.5 Å². The molecule has 2 aromatic heterocycles. The Labute approximate surface area is 312 Å². The summed E-state index contributed by atoms with van der Waals surface area (Å²) in [5.41, 5.74) is 12.8. The molecule has 1 unspecified atom stereocenters. The van der Waals surface area contributed by atoms with Gasteiger partial charge in [0, 0.05) is 50.5 Å². The maximum Gasteiger partial charge on any atom is 0.133 e. The average molecular weight is 691 g/mol. The average Bonchev–Trinajstić information content (AvgIpc) is 3.83. The molecule has 0 aliphatic carbocycles. The van der Waals surface area contributed by atoms with E-state index in [1.807, 2.05) is 0 Å². The van der Waals surface area contributed by atoms with E-state index in [1.54, 1.807) is 0 Å². The first-order chi connectivity index (χ1) is 26.8. The van der Waals surface area contributed by atoms with Crippen molar-refractivity contribution in [2.75, 3.05) is 5.32 Å². The predicted octanol–water partition coefficient (Wildman–Crippen LogP) is 12.5. The minimum absolute atomic E-state index is 0.164. The monoisotopic (exact) mass is 690 g/mol. The third kappa shape index (κ3) is 4.74. The van der Waals surface area contributed by atoms with Crippen LogP contribution in [0.15, 0.2) is 199 Å². The van der Waals surface area contributed by atoms with Gasteiger partial charge in [-0.1, -0.05) is 133 Å². The number of nitrogens with one attached hydrogen (secondary N) is 1. The largest absolute Gasteiger partial charge is 0.340 e. The molecule has 54 heavy (non-hydrogen) atoms. The second-order valence-electron chi connectivity index (χ2n) is 14.0. The second kappa shape index (κ2) is 12.2. The number of nitrogens with zero attached hydrogens (tertiary/aromatic N) is 3. The number of hydrogen-bond donors (Lipinski definition) is 1. The van der Waals surface area contributed by atoms with Crippen LogP contribution >= 0.6 is 0 Å². The topological polar surface area (TPSA) is 34.2 Å². The molecular weight excluding hydrogens is 657 g/mol. The molecule has 10 aromatic rings. The van der Waals surface area contributed by atoms with Crippen LogP contribution in [0.3, 0.4) is 0 Å². The van der Waals surface area contributed by atoms with Crippen molar-refractivity contribution < 1.29 is 0 Å².